The van der Waals surface area contributed by atoms with Crippen molar-refractivity contribution in [2.45, 2.75) is 12.5 Å². The van der Waals surface area contributed by atoms with E-state index in [-0.39, 0.29) is 0 Å². The van der Waals surface area contributed by atoms with Crippen molar-refractivity contribution in [3.8, 4) is 5.69 Å². The number of hydrogen-bond donors (Lipinski definition) is 1. The molecule has 1 aliphatic heterocycles. The van der Waals surface area contributed by atoms with Crippen molar-refractivity contribution in [3.05, 3.63) is 48.5 Å². The van der Waals surface area contributed by atoms with E-state index >= 15 is 0 Å². The molecule has 76 valence electrons. The summed E-state index contributed by atoms with van der Waals surface area (Å²) in [5.74, 6) is 0. The summed E-state index contributed by atoms with van der Waals surface area (Å²) >= 11 is 0. The summed E-state index contributed by atoms with van der Waals surface area (Å²) < 4.78 is 2.22. The lowest BCUT2D eigenvalue weighted by Crippen LogP contribution is -2.36. The maximum absolute atomic E-state index is 4.03. The summed E-state index contributed by atoms with van der Waals surface area (Å²) in [6, 6.07) is 8.85. The summed E-state index contributed by atoms with van der Waals surface area (Å²) in [4.78, 5) is 4.03. The van der Waals surface area contributed by atoms with Gasteiger partial charge >= 0.3 is 0 Å². The van der Waals surface area contributed by atoms with Gasteiger partial charge in [-0.25, -0.2) is 0 Å². The van der Waals surface area contributed by atoms with E-state index in [1.165, 1.54) is 17.8 Å². The topological polar surface area (TPSA) is 29.9 Å². The van der Waals surface area contributed by atoms with Crippen LogP contribution in [0.3, 0.4) is 0 Å². The van der Waals surface area contributed by atoms with Crippen molar-refractivity contribution < 1.29 is 0 Å². The summed E-state index contributed by atoms with van der Waals surface area (Å²) in [6.45, 7) is 1.13. The first-order chi connectivity index (χ1) is 7.45. The molecule has 1 fully saturated rings. The molecule has 2 aromatic rings. The van der Waals surface area contributed by atoms with Crippen LogP contribution >= 0.6 is 0 Å². The highest BCUT2D eigenvalue weighted by atomic mass is 15.1. The lowest BCUT2D eigenvalue weighted by Gasteiger charge is -2.28. The van der Waals surface area contributed by atoms with E-state index in [2.05, 4.69) is 33.2 Å². The van der Waals surface area contributed by atoms with E-state index in [4.69, 9.17) is 0 Å². The van der Waals surface area contributed by atoms with E-state index in [9.17, 15) is 0 Å². The number of rotatable bonds is 2. The zero-order chi connectivity index (χ0) is 10.1. The number of aromatic nitrogens is 2. The molecule has 1 atom stereocenters. The number of nitrogens with one attached hydrogen (secondary N) is 1. The van der Waals surface area contributed by atoms with Crippen LogP contribution in [0.15, 0.2) is 42.9 Å². The zero-order valence-electron chi connectivity index (χ0n) is 8.43. The Morgan fingerprint density at radius 2 is 2.07 bits per heavy atom. The Balaban J connectivity index is 2.01. The van der Waals surface area contributed by atoms with Crippen LogP contribution in [0.1, 0.15) is 18.2 Å². The molecule has 0 radical (unpaired) electrons. The average Bonchev–Trinajstić information content (AvgIpc) is 2.65. The highest BCUT2D eigenvalue weighted by Crippen LogP contribution is 2.25. The predicted molar refractivity (Wildman–Crippen MR) is 58.9 cm³/mol. The molecule has 1 N–H and O–H groups in total. The van der Waals surface area contributed by atoms with Gasteiger partial charge in [-0.1, -0.05) is 0 Å². The Morgan fingerprint density at radius 1 is 1.27 bits per heavy atom. The molecule has 0 bridgehead atoms. The molecule has 2 aromatic heterocycles. The van der Waals surface area contributed by atoms with Crippen LogP contribution in [-0.4, -0.2) is 16.1 Å². The maximum atomic E-state index is 4.03. The molecular formula is C12H13N3. The largest absolute Gasteiger partial charge is 0.319 e. The number of pyridine rings is 1. The van der Waals surface area contributed by atoms with Crippen LogP contribution in [0.5, 0.6) is 0 Å². The molecule has 0 aliphatic carbocycles. The van der Waals surface area contributed by atoms with Crippen LogP contribution < -0.4 is 5.32 Å². The number of nitrogens with zero attached hydrogens (tertiary/aromatic N) is 2. The molecule has 15 heavy (non-hydrogen) atoms. The average molecular weight is 199 g/mol. The van der Waals surface area contributed by atoms with Gasteiger partial charge in [0.2, 0.25) is 0 Å². The highest BCUT2D eigenvalue weighted by molar-refractivity contribution is 5.34. The lowest BCUT2D eigenvalue weighted by atomic mass is 10.0. The van der Waals surface area contributed by atoms with E-state index < -0.39 is 0 Å². The second-order valence-electron chi connectivity index (χ2n) is 3.80. The Hall–Kier alpha value is -1.61. The third kappa shape index (κ3) is 1.45. The van der Waals surface area contributed by atoms with Crippen molar-refractivity contribution >= 4 is 0 Å². The van der Waals surface area contributed by atoms with Crippen LogP contribution in [-0.2, 0) is 0 Å². The van der Waals surface area contributed by atoms with E-state index in [0.29, 0.717) is 6.04 Å². The van der Waals surface area contributed by atoms with Gasteiger partial charge in [-0.2, -0.15) is 0 Å². The van der Waals surface area contributed by atoms with E-state index in [1.54, 1.807) is 0 Å². The molecule has 1 saturated heterocycles. The van der Waals surface area contributed by atoms with Gasteiger partial charge < -0.3 is 9.88 Å². The summed E-state index contributed by atoms with van der Waals surface area (Å²) in [5.41, 5.74) is 2.52. The molecule has 3 rings (SSSR count). The van der Waals surface area contributed by atoms with Gasteiger partial charge in [-0.05, 0) is 37.2 Å². The third-order valence-corrected chi connectivity index (χ3v) is 2.90. The Kier molecular flexibility index (Phi) is 2.03. The lowest BCUT2D eigenvalue weighted by molar-refractivity contribution is 0.371. The van der Waals surface area contributed by atoms with Crippen molar-refractivity contribution in [2.75, 3.05) is 6.54 Å². The van der Waals surface area contributed by atoms with Crippen molar-refractivity contribution in [3.63, 3.8) is 0 Å². The van der Waals surface area contributed by atoms with Gasteiger partial charge in [0.15, 0.2) is 0 Å². The molecule has 3 heteroatoms. The van der Waals surface area contributed by atoms with Gasteiger partial charge in [0.25, 0.3) is 0 Å². The fourth-order valence-electron chi connectivity index (χ4n) is 1.96. The predicted octanol–water partition coefficient (Wildman–Crippen LogP) is 1.91. The standard InChI is InChI=1S/C12H13N3/c1-2-12(11-5-8-14-11)15(9-1)10-3-6-13-7-4-10/h1-4,6-7,9,11,14H,5,8H2/t11-/m1/s1. The smallest absolute Gasteiger partial charge is 0.0490 e. The quantitative estimate of drug-likeness (QED) is 0.800. The van der Waals surface area contributed by atoms with Gasteiger partial charge in [-0.15, -0.1) is 0 Å². The van der Waals surface area contributed by atoms with Crippen molar-refractivity contribution in [1.82, 2.24) is 14.9 Å². The molecule has 0 aromatic carbocycles. The molecule has 3 nitrogen and oxygen atoms in total. The fourth-order valence-corrected chi connectivity index (χ4v) is 1.96. The first kappa shape index (κ1) is 8.68. The Morgan fingerprint density at radius 3 is 2.73 bits per heavy atom. The summed E-state index contributed by atoms with van der Waals surface area (Å²) in [5, 5.41) is 3.42. The molecule has 0 unspecified atom stereocenters. The van der Waals surface area contributed by atoms with Crippen LogP contribution in [0, 0.1) is 0 Å². The normalized spacial score (nSPS) is 19.9. The van der Waals surface area contributed by atoms with Crippen LogP contribution in [0.4, 0.5) is 0 Å². The first-order valence-corrected chi connectivity index (χ1v) is 5.26. The third-order valence-electron chi connectivity index (χ3n) is 2.90. The van der Waals surface area contributed by atoms with Crippen LogP contribution in [0.25, 0.3) is 5.69 Å². The Labute approximate surface area is 88.8 Å². The van der Waals surface area contributed by atoms with Crippen LogP contribution in [0.2, 0.25) is 0 Å². The second kappa shape index (κ2) is 3.51. The molecule has 3 heterocycles. The minimum atomic E-state index is 0.521. The minimum Gasteiger partial charge on any atom is -0.319 e. The monoisotopic (exact) mass is 199 g/mol. The SMILES string of the molecule is c1cc([C@H]2CCN2)n(-c2ccncc2)c1. The summed E-state index contributed by atoms with van der Waals surface area (Å²) in [7, 11) is 0. The first-order valence-electron chi connectivity index (χ1n) is 5.26. The molecule has 0 saturated carbocycles. The van der Waals surface area contributed by atoms with Gasteiger partial charge in [0, 0.05) is 36.0 Å². The van der Waals surface area contributed by atoms with Gasteiger partial charge in [-0.3, -0.25) is 4.98 Å². The van der Waals surface area contributed by atoms with E-state index in [1.807, 2.05) is 24.5 Å². The molecule has 0 amide bonds. The molecule has 1 aliphatic rings. The van der Waals surface area contributed by atoms with Crippen molar-refractivity contribution in [1.29, 1.82) is 0 Å². The van der Waals surface area contributed by atoms with Gasteiger partial charge in [0.1, 0.15) is 0 Å². The Bertz CT molecular complexity index is 443. The highest BCUT2D eigenvalue weighted by Gasteiger charge is 2.21. The summed E-state index contributed by atoms with van der Waals surface area (Å²) in [6.07, 6.45) is 6.99. The second-order valence-corrected chi connectivity index (χ2v) is 3.80. The zero-order valence-corrected chi connectivity index (χ0v) is 8.43. The minimum absolute atomic E-state index is 0.521. The maximum Gasteiger partial charge on any atom is 0.0490 e. The molecular weight excluding hydrogens is 186 g/mol. The fraction of sp³-hybridized carbons (Fsp3) is 0.250. The molecule has 0 spiro atoms. The van der Waals surface area contributed by atoms with E-state index in [0.717, 1.165) is 6.54 Å². The van der Waals surface area contributed by atoms with Crippen molar-refractivity contribution in [2.24, 2.45) is 0 Å². The number of hydrogen-bond acceptors (Lipinski definition) is 2. The van der Waals surface area contributed by atoms with Gasteiger partial charge in [0.05, 0.1) is 0 Å².